The van der Waals surface area contributed by atoms with Gasteiger partial charge in [0.05, 0.1) is 81.7 Å². The van der Waals surface area contributed by atoms with Crippen LogP contribution in [0.25, 0.3) is 111 Å². The molecule has 12 aromatic carbocycles. The molecule has 0 aliphatic carbocycles. The SMILES string of the molecule is [2H]c1c([2H])c([2H])c([Si](c2cc3c4c(c2)n(-c2cccc(Oc5ccc6c7ccccc7n(-c7cc(C(C)(C)C)ccn7)c6c5)c2)[c-][n+]4-c2c(cc(C(C)(C)C)cc2-n2c4ccccc4c4ccccc42)-c2c([2H])c([2H])c([2H])c([2H])c2-c2c([2H])c([2H])c([2H])c([2H])c2-3)(c2c([2H])c([2H])c([2H])c([2H])c2[2H])c2c([2H])c([2H])c([2H])c([2H])c2[2H])c([2H])c1[2H]. The van der Waals surface area contributed by atoms with E-state index >= 15 is 0 Å². The fraction of sp³-hybridized carbons (Fsp3) is 0.0930. The first kappa shape index (κ1) is 36.7. The Kier molecular flexibility index (Phi) is 8.48. The van der Waals surface area contributed by atoms with Gasteiger partial charge in [-0.25, -0.2) is 4.98 Å². The van der Waals surface area contributed by atoms with E-state index in [1.54, 1.807) is 41.1 Å². The first-order valence-electron chi connectivity index (χ1n) is 41.9. The molecule has 0 N–H and O–H groups in total. The minimum atomic E-state index is -6.24. The number of para-hydroxylation sites is 3. The largest absolute Gasteiger partial charge is 0.458 e. The summed E-state index contributed by atoms with van der Waals surface area (Å²) in [6.45, 7) is 12.2. The number of ether oxygens (including phenoxy) is 1. The topological polar surface area (TPSA) is 40.8 Å². The summed E-state index contributed by atoms with van der Waals surface area (Å²) in [5, 5.41) is 0.355. The molecule has 16 aromatic rings. The molecule has 0 fully saturated rings. The van der Waals surface area contributed by atoms with Crippen molar-refractivity contribution < 1.29 is 40.8 Å². The average Bonchev–Trinajstić information content (AvgIpc) is 1.10. The average molecular weight is 1240 g/mol. The first-order chi connectivity index (χ1) is 54.9. The highest BCUT2D eigenvalue weighted by Crippen LogP contribution is 2.47. The summed E-state index contributed by atoms with van der Waals surface area (Å²) in [5.74, 6) is 1.21. The lowest BCUT2D eigenvalue weighted by molar-refractivity contribution is -0.571. The maximum Gasteiger partial charge on any atom is 0.269 e. The Morgan fingerprint density at radius 3 is 1.48 bits per heavy atom. The van der Waals surface area contributed by atoms with Gasteiger partial charge >= 0.3 is 0 Å². The predicted octanol–water partition coefficient (Wildman–Crippen LogP) is 18.4. The van der Waals surface area contributed by atoms with Crippen LogP contribution in [-0.4, -0.2) is 26.8 Å². The maximum absolute atomic E-state index is 10.6. The highest BCUT2D eigenvalue weighted by atomic mass is 28.3. The molecular weight excluding hydrogens is 1150 g/mol. The molecule has 93 heavy (non-hydrogen) atoms. The summed E-state index contributed by atoms with van der Waals surface area (Å²) in [5.41, 5.74) is 1.99. The third kappa shape index (κ3) is 8.97. The normalized spacial score (nSPS) is 15.9. The quantitative estimate of drug-likeness (QED) is 0.0625. The van der Waals surface area contributed by atoms with Crippen LogP contribution in [0.5, 0.6) is 11.5 Å². The Morgan fingerprint density at radius 1 is 0.409 bits per heavy atom. The molecule has 0 bridgehead atoms. The Hall–Kier alpha value is -11.1. The monoisotopic (exact) mass is 1240 g/mol. The van der Waals surface area contributed by atoms with Gasteiger partial charge in [-0.15, -0.1) is 0 Å². The van der Waals surface area contributed by atoms with Crippen molar-refractivity contribution >= 4 is 83.5 Å². The molecule has 6 nitrogen and oxygen atoms in total. The fourth-order valence-electron chi connectivity index (χ4n) is 13.4. The van der Waals surface area contributed by atoms with Gasteiger partial charge in [0, 0.05) is 33.8 Å². The lowest BCUT2D eigenvalue weighted by atomic mass is 9.83. The maximum atomic E-state index is 10.6. The fourth-order valence-corrected chi connectivity index (χ4v) is 17.3. The highest BCUT2D eigenvalue weighted by Gasteiger charge is 2.43. The summed E-state index contributed by atoms with van der Waals surface area (Å²) in [4.78, 5) is 4.89. The van der Waals surface area contributed by atoms with E-state index in [2.05, 4.69) is 37.7 Å². The van der Waals surface area contributed by atoms with Crippen molar-refractivity contribution in [3.05, 3.63) is 314 Å². The van der Waals surface area contributed by atoms with Crippen molar-refractivity contribution in [1.82, 2.24) is 18.7 Å². The lowest BCUT2D eigenvalue weighted by Crippen LogP contribution is -2.74. The number of hydrogen-bond donors (Lipinski definition) is 0. The molecule has 0 saturated carbocycles. The second-order valence-electron chi connectivity index (χ2n) is 25.2. The summed E-state index contributed by atoms with van der Waals surface area (Å²) in [6.07, 6.45) is 5.44. The minimum absolute atomic E-state index is 0.0744. The molecule has 0 unspecified atom stereocenters. The Bertz CT molecular complexity index is 6790. The van der Waals surface area contributed by atoms with Crippen LogP contribution in [-0.2, 0) is 10.8 Å². The number of nitrogens with zero attached hydrogens (tertiary/aromatic N) is 5. The van der Waals surface area contributed by atoms with Crippen LogP contribution in [0.2, 0.25) is 0 Å². The van der Waals surface area contributed by atoms with Gasteiger partial charge in [0.1, 0.15) is 17.3 Å². The molecule has 4 aromatic heterocycles. The van der Waals surface area contributed by atoms with E-state index in [-0.39, 0.29) is 50.3 Å². The molecule has 1 aliphatic heterocycles. The number of rotatable bonds is 9. The van der Waals surface area contributed by atoms with Gasteiger partial charge in [-0.2, -0.15) is 0 Å². The zero-order chi connectivity index (χ0) is 82.8. The zero-order valence-electron chi connectivity index (χ0n) is 74.2. The third-order valence-corrected chi connectivity index (χ3v) is 21.9. The molecule has 0 radical (unpaired) electrons. The van der Waals surface area contributed by atoms with E-state index in [1.807, 2.05) is 128 Å². The van der Waals surface area contributed by atoms with Crippen LogP contribution in [0.15, 0.2) is 297 Å². The van der Waals surface area contributed by atoms with E-state index in [0.717, 1.165) is 38.1 Å². The standard InChI is InChI=1S/C86H67N5OSi/c1-85(2,3)57-47-48-87-82(51-57)91-78-44-25-22-41-72(78)73-46-45-61(53-79(73)91)92-60-28-26-27-59(52-60)88-56-89-83-75(54-65(55-80(83)88)93(62-29-10-7-11-30-62,63-31-12-8-13-32-63)64-33-14-9-15-34-64)69-38-19-17-36-67(69)66-35-16-18-37-68(66)74-49-58(86(4,5)6)50-81(84(74)89)90-76-42-23-20-39-70(76)71-40-21-24-43-77(71)90/h7-55H,1-6H3/i7D,8D,9D,10D,11D,12D,13D,14D,15D,16D,17D,18D,19D,29D,30D,31D,32D,33D,34D,35D,36D,37D,38D. The molecular formula is C86H67N5OSi. The molecule has 17 rings (SSSR count). The van der Waals surface area contributed by atoms with E-state index in [1.165, 1.54) is 16.7 Å². The van der Waals surface area contributed by atoms with Crippen LogP contribution in [0.3, 0.4) is 0 Å². The Balaban J connectivity index is 1.12. The van der Waals surface area contributed by atoms with Crippen molar-refractivity contribution in [2.24, 2.45) is 0 Å². The van der Waals surface area contributed by atoms with Crippen LogP contribution in [0.1, 0.15) is 84.2 Å². The zero-order valence-corrected chi connectivity index (χ0v) is 52.2. The summed E-state index contributed by atoms with van der Waals surface area (Å²) in [6, 6.07) is 23.9. The van der Waals surface area contributed by atoms with Gasteiger partial charge in [0.25, 0.3) is 6.33 Å². The second-order valence-corrected chi connectivity index (χ2v) is 28.8. The predicted molar refractivity (Wildman–Crippen MR) is 388 cm³/mol. The van der Waals surface area contributed by atoms with Gasteiger partial charge < -0.3 is 9.30 Å². The van der Waals surface area contributed by atoms with E-state index < -0.39 is 190 Å². The number of pyridine rings is 1. The Labute approximate surface area is 575 Å². The molecule has 0 saturated heterocycles. The second kappa shape index (κ2) is 21.5. The van der Waals surface area contributed by atoms with Crippen molar-refractivity contribution in [2.45, 2.75) is 52.4 Å². The van der Waals surface area contributed by atoms with Gasteiger partial charge in [-0.3, -0.25) is 13.7 Å². The van der Waals surface area contributed by atoms with E-state index in [4.69, 9.17) is 13.8 Å². The number of benzene rings is 12. The molecule has 7 heteroatoms. The lowest BCUT2D eigenvalue weighted by Gasteiger charge is -2.35. The summed E-state index contributed by atoms with van der Waals surface area (Å²) in [7, 11) is -6.24. The number of hydrogen-bond acceptors (Lipinski definition) is 2. The Morgan fingerprint density at radius 2 is 0.914 bits per heavy atom. The van der Waals surface area contributed by atoms with Gasteiger partial charge in [-0.1, -0.05) is 259 Å². The minimum Gasteiger partial charge on any atom is -0.458 e. The smallest absolute Gasteiger partial charge is 0.269 e. The van der Waals surface area contributed by atoms with Crippen molar-refractivity contribution in [2.75, 3.05) is 0 Å². The molecule has 0 spiro atoms. The first-order valence-corrected chi connectivity index (χ1v) is 32.4. The molecule has 0 amide bonds. The molecule has 446 valence electrons. The van der Waals surface area contributed by atoms with Crippen LogP contribution in [0.4, 0.5) is 0 Å². The van der Waals surface area contributed by atoms with Crippen LogP contribution in [0, 0.1) is 6.33 Å². The van der Waals surface area contributed by atoms with E-state index in [9.17, 15) is 27.4 Å². The number of fused-ring (bicyclic) bond motifs is 13. The molecule has 0 atom stereocenters. The van der Waals surface area contributed by atoms with Crippen LogP contribution < -0.4 is 30.1 Å². The van der Waals surface area contributed by atoms with Gasteiger partial charge in [-0.05, 0) is 143 Å². The van der Waals surface area contributed by atoms with Crippen molar-refractivity contribution in [3.63, 3.8) is 0 Å². The highest BCUT2D eigenvalue weighted by molar-refractivity contribution is 7.20. The van der Waals surface area contributed by atoms with Crippen molar-refractivity contribution in [1.29, 1.82) is 0 Å². The van der Waals surface area contributed by atoms with E-state index in [0.29, 0.717) is 33.9 Å². The third-order valence-electron chi connectivity index (χ3n) is 17.8. The number of imidazole rings is 1. The molecule has 5 heterocycles. The number of aromatic nitrogens is 5. The molecule has 1 aliphatic rings. The van der Waals surface area contributed by atoms with Gasteiger partial charge in [0.15, 0.2) is 8.07 Å². The summed E-state index contributed by atoms with van der Waals surface area (Å²) < 4.78 is 240. The summed E-state index contributed by atoms with van der Waals surface area (Å²) >= 11 is 0. The van der Waals surface area contributed by atoms with Crippen LogP contribution >= 0.6 is 0 Å². The van der Waals surface area contributed by atoms with Crippen molar-refractivity contribution in [3.8, 4) is 67.8 Å². The van der Waals surface area contributed by atoms with Gasteiger partial charge in [0.2, 0.25) is 0 Å².